The number of aryl methyl sites for hydroxylation is 1. The van der Waals surface area contributed by atoms with Crippen molar-refractivity contribution in [3.05, 3.63) is 70.6 Å². The van der Waals surface area contributed by atoms with Gasteiger partial charge in [0.1, 0.15) is 17.3 Å². The molecule has 0 radical (unpaired) electrons. The average molecular weight is 361 g/mol. The van der Waals surface area contributed by atoms with Gasteiger partial charge in [-0.3, -0.25) is 4.79 Å². The van der Waals surface area contributed by atoms with E-state index in [1.54, 1.807) is 25.3 Å². The Bertz CT molecular complexity index is 900. The third-order valence-electron chi connectivity index (χ3n) is 3.27. The van der Waals surface area contributed by atoms with Crippen LogP contribution in [0.25, 0.3) is 0 Å². The van der Waals surface area contributed by atoms with E-state index in [4.69, 9.17) is 16.0 Å². The van der Waals surface area contributed by atoms with E-state index in [1.807, 2.05) is 6.07 Å². The molecule has 3 aromatic rings. The summed E-state index contributed by atoms with van der Waals surface area (Å²) in [4.78, 5) is 20.8. The molecular formula is C17H14ClFN4O2. The summed E-state index contributed by atoms with van der Waals surface area (Å²) in [6, 6.07) is 9.08. The van der Waals surface area contributed by atoms with Gasteiger partial charge in [0.2, 0.25) is 5.95 Å². The Morgan fingerprint density at radius 1 is 1.28 bits per heavy atom. The van der Waals surface area contributed by atoms with Crippen molar-refractivity contribution in [2.75, 3.05) is 10.6 Å². The lowest BCUT2D eigenvalue weighted by atomic mass is 10.2. The van der Waals surface area contributed by atoms with Crippen molar-refractivity contribution < 1.29 is 13.6 Å². The summed E-state index contributed by atoms with van der Waals surface area (Å²) in [5.74, 6) is 0.0203. The summed E-state index contributed by atoms with van der Waals surface area (Å²) in [6.45, 7) is 2.15. The molecule has 1 amide bonds. The number of nitrogens with zero attached hydrogens (tertiary/aromatic N) is 2. The highest BCUT2D eigenvalue weighted by atomic mass is 35.5. The number of aromatic nitrogens is 2. The van der Waals surface area contributed by atoms with E-state index in [0.29, 0.717) is 23.9 Å². The highest BCUT2D eigenvalue weighted by molar-refractivity contribution is 6.31. The lowest BCUT2D eigenvalue weighted by Gasteiger charge is -2.08. The maximum atomic E-state index is 13.2. The number of nitrogens with one attached hydrogen (secondary N) is 2. The van der Waals surface area contributed by atoms with Crippen LogP contribution in [0, 0.1) is 12.7 Å². The van der Waals surface area contributed by atoms with Crippen molar-refractivity contribution in [1.82, 2.24) is 9.97 Å². The van der Waals surface area contributed by atoms with Gasteiger partial charge in [0.15, 0.2) is 0 Å². The van der Waals surface area contributed by atoms with Crippen LogP contribution in [0.15, 0.2) is 47.1 Å². The molecule has 0 aliphatic heterocycles. The van der Waals surface area contributed by atoms with Crippen LogP contribution in [0.2, 0.25) is 5.02 Å². The molecule has 0 spiro atoms. The number of halogens is 2. The van der Waals surface area contributed by atoms with Crippen molar-refractivity contribution in [2.24, 2.45) is 0 Å². The first kappa shape index (κ1) is 16.9. The molecule has 0 aliphatic rings. The van der Waals surface area contributed by atoms with Gasteiger partial charge in [0.05, 0.1) is 17.8 Å². The summed E-state index contributed by atoms with van der Waals surface area (Å²) in [5, 5.41) is 5.55. The van der Waals surface area contributed by atoms with Gasteiger partial charge in [-0.05, 0) is 43.3 Å². The van der Waals surface area contributed by atoms with Crippen LogP contribution in [0.1, 0.15) is 21.9 Å². The Morgan fingerprint density at radius 2 is 2.12 bits per heavy atom. The molecule has 128 valence electrons. The maximum absolute atomic E-state index is 13.2. The van der Waals surface area contributed by atoms with Gasteiger partial charge >= 0.3 is 0 Å². The highest BCUT2D eigenvalue weighted by Gasteiger charge is 2.12. The normalized spacial score (nSPS) is 10.5. The molecule has 0 saturated carbocycles. The highest BCUT2D eigenvalue weighted by Crippen LogP contribution is 2.20. The molecule has 3 rings (SSSR count). The van der Waals surface area contributed by atoms with Gasteiger partial charge < -0.3 is 15.1 Å². The standard InChI is InChI=1S/C17H14ClFN4O2/c1-10-7-15(16(24)22-11-4-5-14(19)13(18)8-11)23-17(21-10)20-9-12-3-2-6-25-12/h2-8H,9H2,1H3,(H,22,24)(H,20,21,23). The van der Waals surface area contributed by atoms with Crippen molar-refractivity contribution in [3.8, 4) is 0 Å². The first-order chi connectivity index (χ1) is 12.0. The van der Waals surface area contributed by atoms with E-state index < -0.39 is 11.7 Å². The van der Waals surface area contributed by atoms with Gasteiger partial charge in [-0.2, -0.15) is 0 Å². The van der Waals surface area contributed by atoms with Gasteiger partial charge in [0, 0.05) is 11.4 Å². The number of carbonyl (C=O) groups excluding carboxylic acids is 1. The molecule has 0 atom stereocenters. The number of anilines is 2. The molecule has 2 aromatic heterocycles. The second-order valence-corrected chi connectivity index (χ2v) is 5.64. The second kappa shape index (κ2) is 7.31. The summed E-state index contributed by atoms with van der Waals surface area (Å²) in [5.41, 5.74) is 1.17. The summed E-state index contributed by atoms with van der Waals surface area (Å²) >= 11 is 5.71. The number of hydrogen-bond donors (Lipinski definition) is 2. The molecule has 2 N–H and O–H groups in total. The number of furan rings is 1. The Hall–Kier alpha value is -2.93. The number of carbonyl (C=O) groups is 1. The van der Waals surface area contributed by atoms with Gasteiger partial charge in [-0.25, -0.2) is 14.4 Å². The molecule has 25 heavy (non-hydrogen) atoms. The average Bonchev–Trinajstić information content (AvgIpc) is 3.09. The van der Waals surface area contributed by atoms with Crippen LogP contribution in [-0.4, -0.2) is 15.9 Å². The third kappa shape index (κ3) is 4.33. The number of hydrogen-bond acceptors (Lipinski definition) is 5. The molecule has 0 saturated heterocycles. The SMILES string of the molecule is Cc1cc(C(=O)Nc2ccc(F)c(Cl)c2)nc(NCc2ccco2)n1. The van der Waals surface area contributed by atoms with Crippen LogP contribution in [0.4, 0.5) is 16.0 Å². The molecule has 8 heteroatoms. The van der Waals surface area contributed by atoms with Crippen molar-refractivity contribution >= 4 is 29.1 Å². The van der Waals surface area contributed by atoms with Crippen LogP contribution >= 0.6 is 11.6 Å². The molecule has 2 heterocycles. The smallest absolute Gasteiger partial charge is 0.274 e. The molecule has 0 aliphatic carbocycles. The van der Waals surface area contributed by atoms with Crippen molar-refractivity contribution in [2.45, 2.75) is 13.5 Å². The van der Waals surface area contributed by atoms with E-state index in [2.05, 4.69) is 20.6 Å². The summed E-state index contributed by atoms with van der Waals surface area (Å²) in [7, 11) is 0. The van der Waals surface area contributed by atoms with Crippen molar-refractivity contribution in [3.63, 3.8) is 0 Å². The van der Waals surface area contributed by atoms with E-state index in [0.717, 1.165) is 5.76 Å². The minimum absolute atomic E-state index is 0.0718. The second-order valence-electron chi connectivity index (χ2n) is 5.23. The first-order valence-electron chi connectivity index (χ1n) is 7.39. The molecule has 0 fully saturated rings. The quantitative estimate of drug-likeness (QED) is 0.718. The fraction of sp³-hybridized carbons (Fsp3) is 0.118. The zero-order valence-electron chi connectivity index (χ0n) is 13.2. The lowest BCUT2D eigenvalue weighted by Crippen LogP contribution is -2.16. The van der Waals surface area contributed by atoms with Gasteiger partial charge in [-0.15, -0.1) is 0 Å². The fourth-order valence-corrected chi connectivity index (χ4v) is 2.29. The molecular weight excluding hydrogens is 347 g/mol. The summed E-state index contributed by atoms with van der Waals surface area (Å²) in [6.07, 6.45) is 1.57. The van der Waals surface area contributed by atoms with Crippen LogP contribution < -0.4 is 10.6 Å². The van der Waals surface area contributed by atoms with E-state index in [-0.39, 0.29) is 10.7 Å². The van der Waals surface area contributed by atoms with Crippen LogP contribution in [0.3, 0.4) is 0 Å². The van der Waals surface area contributed by atoms with E-state index >= 15 is 0 Å². The fourth-order valence-electron chi connectivity index (χ4n) is 2.11. The van der Waals surface area contributed by atoms with E-state index in [1.165, 1.54) is 18.2 Å². The predicted molar refractivity (Wildman–Crippen MR) is 92.2 cm³/mol. The minimum atomic E-state index is -0.554. The molecule has 1 aromatic carbocycles. The van der Waals surface area contributed by atoms with Crippen LogP contribution in [0.5, 0.6) is 0 Å². The Kier molecular flexibility index (Phi) is 4.95. The van der Waals surface area contributed by atoms with Gasteiger partial charge in [0.25, 0.3) is 5.91 Å². The minimum Gasteiger partial charge on any atom is -0.467 e. The number of rotatable bonds is 5. The van der Waals surface area contributed by atoms with E-state index in [9.17, 15) is 9.18 Å². The Labute approximate surface area is 148 Å². The zero-order valence-corrected chi connectivity index (χ0v) is 14.0. The molecule has 0 unspecified atom stereocenters. The zero-order chi connectivity index (χ0) is 17.8. The van der Waals surface area contributed by atoms with Gasteiger partial charge in [-0.1, -0.05) is 11.6 Å². The monoisotopic (exact) mass is 360 g/mol. The summed E-state index contributed by atoms with van der Waals surface area (Å²) < 4.78 is 18.4. The largest absolute Gasteiger partial charge is 0.467 e. The van der Waals surface area contributed by atoms with Crippen LogP contribution in [-0.2, 0) is 6.54 Å². The lowest BCUT2D eigenvalue weighted by molar-refractivity contribution is 0.102. The maximum Gasteiger partial charge on any atom is 0.274 e. The predicted octanol–water partition coefficient (Wildman–Crippen LogP) is 4.03. The van der Waals surface area contributed by atoms with Crippen molar-refractivity contribution in [1.29, 1.82) is 0 Å². The third-order valence-corrected chi connectivity index (χ3v) is 3.55. The number of amides is 1. The Balaban J connectivity index is 1.74. The molecule has 0 bridgehead atoms. The number of benzene rings is 1. The molecule has 6 nitrogen and oxygen atoms in total. The first-order valence-corrected chi connectivity index (χ1v) is 7.77. The topological polar surface area (TPSA) is 80.0 Å². The Morgan fingerprint density at radius 3 is 2.84 bits per heavy atom.